The third-order valence-corrected chi connectivity index (χ3v) is 3.89. The molecule has 0 aromatic carbocycles. The van der Waals surface area contributed by atoms with Crippen LogP contribution in [-0.2, 0) is 4.57 Å². The first kappa shape index (κ1) is 6.65. The molecule has 4 heteroatoms. The van der Waals surface area contributed by atoms with Gasteiger partial charge < -0.3 is 0 Å². The molecule has 0 spiro atoms. The molecule has 0 bridgehead atoms. The highest BCUT2D eigenvalue weighted by Crippen LogP contribution is 2.13. The van der Waals surface area contributed by atoms with Crippen molar-refractivity contribution in [2.45, 2.75) is 0 Å². The van der Waals surface area contributed by atoms with Crippen molar-refractivity contribution in [3.05, 3.63) is 14.3 Å². The van der Waals surface area contributed by atoms with Crippen molar-refractivity contribution in [1.82, 2.24) is 0 Å². The van der Waals surface area contributed by atoms with Crippen molar-refractivity contribution in [2.24, 2.45) is 0 Å². The van der Waals surface area contributed by atoms with Crippen LogP contribution in [0.3, 0.4) is 0 Å². The molecule has 0 aliphatic rings. The topological polar surface area (TPSA) is 17.1 Å². The minimum atomic E-state index is 0.131. The number of thiophene rings is 1. The minimum absolute atomic E-state index is 0.131. The molecule has 1 aromatic heterocycles. The molecule has 0 aliphatic heterocycles. The monoisotopic (exact) mass is 256 g/mol. The van der Waals surface area contributed by atoms with Crippen molar-refractivity contribution >= 4 is 47.7 Å². The van der Waals surface area contributed by atoms with Gasteiger partial charge >= 0.3 is 0 Å². The van der Waals surface area contributed by atoms with Crippen LogP contribution in [0, 0.1) is 2.88 Å². The van der Waals surface area contributed by atoms with Crippen LogP contribution in [0.2, 0.25) is 0 Å². The zero-order valence-electron chi connectivity index (χ0n) is 3.80. The molecule has 8 heavy (non-hydrogen) atoms. The highest BCUT2D eigenvalue weighted by atomic mass is 127. The maximum atomic E-state index is 10.2. The molecule has 0 radical (unpaired) electrons. The SMILES string of the molecule is O=Pc1ccsc1I. The van der Waals surface area contributed by atoms with Crippen molar-refractivity contribution in [1.29, 1.82) is 0 Å². The Morgan fingerprint density at radius 1 is 1.75 bits per heavy atom. The predicted octanol–water partition coefficient (Wildman–Crippen LogP) is 2.27. The van der Waals surface area contributed by atoms with Gasteiger partial charge in [0.15, 0.2) is 8.46 Å². The molecule has 1 rings (SSSR count). The second-order valence-electron chi connectivity index (χ2n) is 1.17. The zero-order chi connectivity index (χ0) is 5.98. The van der Waals surface area contributed by atoms with Crippen molar-refractivity contribution in [2.75, 3.05) is 0 Å². The van der Waals surface area contributed by atoms with Gasteiger partial charge in [0.1, 0.15) is 0 Å². The Bertz CT molecular complexity index is 198. The fourth-order valence-corrected chi connectivity index (χ4v) is 2.36. The minimum Gasteiger partial charge on any atom is -0.269 e. The Hall–Kier alpha value is 0.530. The lowest BCUT2D eigenvalue weighted by molar-refractivity contribution is 0.603. The highest BCUT2D eigenvalue weighted by Gasteiger charge is 1.96. The van der Waals surface area contributed by atoms with Crippen molar-refractivity contribution in [3.63, 3.8) is 0 Å². The van der Waals surface area contributed by atoms with E-state index in [1.54, 1.807) is 11.3 Å². The highest BCUT2D eigenvalue weighted by molar-refractivity contribution is 14.1. The van der Waals surface area contributed by atoms with Gasteiger partial charge in [-0.15, -0.1) is 11.3 Å². The van der Waals surface area contributed by atoms with E-state index in [1.165, 1.54) is 0 Å². The summed E-state index contributed by atoms with van der Waals surface area (Å²) in [6.07, 6.45) is 0. The van der Waals surface area contributed by atoms with E-state index < -0.39 is 0 Å². The van der Waals surface area contributed by atoms with E-state index in [0.29, 0.717) is 0 Å². The summed E-state index contributed by atoms with van der Waals surface area (Å²) in [6.45, 7) is 0. The third-order valence-electron chi connectivity index (χ3n) is 0.697. The summed E-state index contributed by atoms with van der Waals surface area (Å²) in [5.41, 5.74) is 0. The lowest BCUT2D eigenvalue weighted by atomic mass is 10.7. The van der Waals surface area contributed by atoms with Gasteiger partial charge in [-0.05, 0) is 34.0 Å². The quantitative estimate of drug-likeness (QED) is 0.556. The maximum absolute atomic E-state index is 10.2. The van der Waals surface area contributed by atoms with Gasteiger partial charge in [0.05, 0.1) is 8.19 Å². The summed E-state index contributed by atoms with van der Waals surface area (Å²) in [5.74, 6) is 0. The summed E-state index contributed by atoms with van der Waals surface area (Å²) in [6, 6.07) is 1.86. The molecule has 42 valence electrons. The van der Waals surface area contributed by atoms with Crippen LogP contribution in [0.4, 0.5) is 0 Å². The summed E-state index contributed by atoms with van der Waals surface area (Å²) >= 11 is 3.78. The first-order valence-electron chi connectivity index (χ1n) is 1.91. The standard InChI is InChI=1S/C4H2IOPS/c5-4-3(7-6)1-2-8-4/h1-2H. The second kappa shape index (κ2) is 2.90. The molecule has 1 aromatic rings. The molecule has 0 amide bonds. The summed E-state index contributed by atoms with van der Waals surface area (Å²) in [5, 5.41) is 2.83. The molecule has 0 atom stereocenters. The van der Waals surface area contributed by atoms with Gasteiger partial charge in [0.2, 0.25) is 0 Å². The fraction of sp³-hybridized carbons (Fsp3) is 0. The van der Waals surface area contributed by atoms with E-state index in [0.717, 1.165) is 8.19 Å². The number of hydrogen-bond acceptors (Lipinski definition) is 2. The van der Waals surface area contributed by atoms with Gasteiger partial charge in [-0.1, -0.05) is 0 Å². The lowest BCUT2D eigenvalue weighted by Crippen LogP contribution is -1.85. The molecule has 0 unspecified atom stereocenters. The van der Waals surface area contributed by atoms with Crippen LogP contribution in [0.5, 0.6) is 0 Å². The molecule has 0 saturated carbocycles. The molecule has 1 nitrogen and oxygen atoms in total. The molecule has 0 fully saturated rings. The van der Waals surface area contributed by atoms with Crippen LogP contribution in [0.1, 0.15) is 0 Å². The Labute approximate surface area is 66.5 Å². The molecule has 0 saturated heterocycles. The van der Waals surface area contributed by atoms with E-state index >= 15 is 0 Å². The lowest BCUT2D eigenvalue weighted by Gasteiger charge is -1.75. The van der Waals surface area contributed by atoms with Gasteiger partial charge in [0, 0.05) is 0 Å². The maximum Gasteiger partial charge on any atom is 0.194 e. The number of halogens is 1. The van der Waals surface area contributed by atoms with Crippen molar-refractivity contribution < 1.29 is 4.57 Å². The van der Waals surface area contributed by atoms with Gasteiger partial charge in [-0.2, -0.15) is 0 Å². The first-order valence-corrected chi connectivity index (χ1v) is 4.68. The average molecular weight is 256 g/mol. The fourth-order valence-electron chi connectivity index (χ4n) is 0.350. The Morgan fingerprint density at radius 3 is 2.75 bits per heavy atom. The van der Waals surface area contributed by atoms with Crippen molar-refractivity contribution in [3.8, 4) is 0 Å². The molecular formula is C4H2IOPS. The summed E-state index contributed by atoms with van der Waals surface area (Å²) in [4.78, 5) is 0. The smallest absolute Gasteiger partial charge is 0.194 e. The van der Waals surface area contributed by atoms with Crippen LogP contribution in [0.25, 0.3) is 0 Å². The Balaban J connectivity index is 3.09. The zero-order valence-corrected chi connectivity index (χ0v) is 7.66. The third kappa shape index (κ3) is 1.27. The normalized spacial score (nSPS) is 10.1. The summed E-state index contributed by atoms with van der Waals surface area (Å²) < 4.78 is 11.3. The van der Waals surface area contributed by atoms with Crippen LogP contribution < -0.4 is 5.30 Å². The Morgan fingerprint density at radius 2 is 2.50 bits per heavy atom. The molecule has 1 heterocycles. The Kier molecular flexibility index (Phi) is 2.41. The largest absolute Gasteiger partial charge is 0.269 e. The van der Waals surface area contributed by atoms with Gasteiger partial charge in [-0.25, -0.2) is 0 Å². The average Bonchev–Trinajstić information content (AvgIpc) is 2.14. The van der Waals surface area contributed by atoms with E-state index in [1.807, 2.05) is 11.4 Å². The van der Waals surface area contributed by atoms with E-state index in [4.69, 9.17) is 0 Å². The molecular weight excluding hydrogens is 254 g/mol. The van der Waals surface area contributed by atoms with Gasteiger partial charge in [-0.3, -0.25) is 4.57 Å². The van der Waals surface area contributed by atoms with E-state index in [-0.39, 0.29) is 8.46 Å². The van der Waals surface area contributed by atoms with Crippen LogP contribution in [-0.4, -0.2) is 0 Å². The number of hydrogen-bond donors (Lipinski definition) is 0. The molecule has 0 N–H and O–H groups in total. The van der Waals surface area contributed by atoms with Gasteiger partial charge in [0.25, 0.3) is 0 Å². The van der Waals surface area contributed by atoms with E-state index in [2.05, 4.69) is 22.6 Å². The van der Waals surface area contributed by atoms with Crippen LogP contribution in [0.15, 0.2) is 11.4 Å². The molecule has 0 aliphatic carbocycles. The number of rotatable bonds is 1. The predicted molar refractivity (Wildman–Crippen MR) is 44.3 cm³/mol. The second-order valence-corrected chi connectivity index (χ2v) is 4.56. The van der Waals surface area contributed by atoms with Crippen LogP contribution >= 0.6 is 42.4 Å². The first-order chi connectivity index (χ1) is 3.84. The summed E-state index contributed by atoms with van der Waals surface area (Å²) in [7, 11) is 0.131. The van der Waals surface area contributed by atoms with E-state index in [9.17, 15) is 4.57 Å².